The van der Waals surface area contributed by atoms with Crippen LogP contribution in [0.15, 0.2) is 17.7 Å². The fraction of sp³-hybridized carbons (Fsp3) is 0.154. The van der Waals surface area contributed by atoms with Crippen molar-refractivity contribution in [1.29, 1.82) is 5.26 Å². The maximum atomic E-state index is 11.8. The number of carboxylic acids is 1. The molecule has 116 valence electrons. The Morgan fingerprint density at radius 1 is 1.41 bits per heavy atom. The van der Waals surface area contributed by atoms with Gasteiger partial charge in [0.2, 0.25) is 0 Å². The van der Waals surface area contributed by atoms with Crippen molar-refractivity contribution in [3.05, 3.63) is 23.3 Å². The van der Waals surface area contributed by atoms with E-state index in [-0.39, 0.29) is 11.3 Å². The van der Waals surface area contributed by atoms with E-state index >= 15 is 0 Å². The van der Waals surface area contributed by atoms with Crippen molar-refractivity contribution < 1.29 is 30.0 Å². The SMILES string of the molecule is N#C/C(=C\c1cc(N)c(O)c(O)c1)C(=O)NC(CO)C(=O)O. The Balaban J connectivity index is 3.08. The minimum atomic E-state index is -1.55. The Morgan fingerprint density at radius 2 is 2.05 bits per heavy atom. The highest BCUT2D eigenvalue weighted by Gasteiger charge is 2.21. The molecule has 9 heteroatoms. The maximum absolute atomic E-state index is 11.8. The number of benzene rings is 1. The van der Waals surface area contributed by atoms with E-state index in [1.165, 1.54) is 6.07 Å². The van der Waals surface area contributed by atoms with Crippen molar-refractivity contribution in [2.24, 2.45) is 0 Å². The van der Waals surface area contributed by atoms with Gasteiger partial charge < -0.3 is 31.5 Å². The summed E-state index contributed by atoms with van der Waals surface area (Å²) in [5.41, 5.74) is 4.94. The molecule has 0 saturated heterocycles. The van der Waals surface area contributed by atoms with Crippen LogP contribution >= 0.6 is 0 Å². The van der Waals surface area contributed by atoms with Gasteiger partial charge in [0, 0.05) is 0 Å². The van der Waals surface area contributed by atoms with E-state index in [0.29, 0.717) is 0 Å². The Morgan fingerprint density at radius 3 is 2.50 bits per heavy atom. The zero-order valence-electron chi connectivity index (χ0n) is 11.1. The Labute approximate surface area is 124 Å². The summed E-state index contributed by atoms with van der Waals surface area (Å²) in [7, 11) is 0. The first-order valence-electron chi connectivity index (χ1n) is 5.88. The van der Waals surface area contributed by atoms with E-state index in [2.05, 4.69) is 0 Å². The van der Waals surface area contributed by atoms with Gasteiger partial charge in [-0.2, -0.15) is 5.26 Å². The molecule has 0 aliphatic rings. The fourth-order valence-corrected chi connectivity index (χ4v) is 1.48. The monoisotopic (exact) mass is 307 g/mol. The predicted octanol–water partition coefficient (Wildman–Crippen LogP) is -0.851. The molecule has 0 aliphatic carbocycles. The average Bonchev–Trinajstić information content (AvgIpc) is 2.46. The number of rotatable bonds is 5. The summed E-state index contributed by atoms with van der Waals surface area (Å²) in [4.78, 5) is 22.5. The first kappa shape index (κ1) is 16.8. The van der Waals surface area contributed by atoms with Gasteiger partial charge in [-0.15, -0.1) is 0 Å². The molecule has 22 heavy (non-hydrogen) atoms. The molecule has 1 amide bonds. The van der Waals surface area contributed by atoms with E-state index in [4.69, 9.17) is 21.2 Å². The van der Waals surface area contributed by atoms with E-state index in [9.17, 15) is 19.8 Å². The third kappa shape index (κ3) is 3.87. The van der Waals surface area contributed by atoms with Crippen molar-refractivity contribution in [1.82, 2.24) is 5.32 Å². The van der Waals surface area contributed by atoms with E-state index in [0.717, 1.165) is 12.1 Å². The molecule has 9 nitrogen and oxygen atoms in total. The van der Waals surface area contributed by atoms with Gasteiger partial charge in [0.1, 0.15) is 11.6 Å². The second kappa shape index (κ2) is 6.96. The highest BCUT2D eigenvalue weighted by atomic mass is 16.4. The van der Waals surface area contributed by atoms with Crippen molar-refractivity contribution in [3.63, 3.8) is 0 Å². The van der Waals surface area contributed by atoms with Gasteiger partial charge in [0.05, 0.1) is 12.3 Å². The molecule has 0 saturated carbocycles. The maximum Gasteiger partial charge on any atom is 0.328 e. The lowest BCUT2D eigenvalue weighted by Gasteiger charge is -2.11. The zero-order valence-corrected chi connectivity index (χ0v) is 11.1. The van der Waals surface area contributed by atoms with Gasteiger partial charge in [-0.3, -0.25) is 4.79 Å². The number of nitrogens with zero attached hydrogens (tertiary/aromatic N) is 1. The number of nitriles is 1. The average molecular weight is 307 g/mol. The van der Waals surface area contributed by atoms with Crippen LogP contribution in [0.1, 0.15) is 5.56 Å². The number of hydrogen-bond donors (Lipinski definition) is 6. The first-order chi connectivity index (χ1) is 10.3. The van der Waals surface area contributed by atoms with E-state index in [1.54, 1.807) is 6.07 Å². The molecule has 0 radical (unpaired) electrons. The molecular weight excluding hydrogens is 294 g/mol. The van der Waals surface area contributed by atoms with Crippen LogP contribution in [0.4, 0.5) is 5.69 Å². The van der Waals surface area contributed by atoms with Crippen molar-refractivity contribution >= 4 is 23.6 Å². The quantitative estimate of drug-likeness (QED) is 0.176. The zero-order chi connectivity index (χ0) is 16.9. The van der Waals surface area contributed by atoms with Gasteiger partial charge in [0.15, 0.2) is 17.5 Å². The lowest BCUT2D eigenvalue weighted by Crippen LogP contribution is -2.43. The number of phenolic OH excluding ortho intramolecular Hbond substituents is 2. The number of anilines is 1. The highest BCUT2D eigenvalue weighted by molar-refractivity contribution is 6.03. The molecule has 0 aliphatic heterocycles. The Kier molecular flexibility index (Phi) is 5.32. The number of nitrogens with one attached hydrogen (secondary N) is 1. The minimum absolute atomic E-state index is 0.148. The number of nitrogen functional groups attached to an aromatic ring is 1. The second-order valence-corrected chi connectivity index (χ2v) is 4.19. The predicted molar refractivity (Wildman–Crippen MR) is 74.4 cm³/mol. The third-order valence-electron chi connectivity index (χ3n) is 2.60. The van der Waals surface area contributed by atoms with Crippen LogP contribution in [0.25, 0.3) is 6.08 Å². The van der Waals surface area contributed by atoms with Crippen LogP contribution < -0.4 is 11.1 Å². The highest BCUT2D eigenvalue weighted by Crippen LogP contribution is 2.32. The molecule has 1 rings (SSSR count). The molecule has 7 N–H and O–H groups in total. The van der Waals surface area contributed by atoms with Crippen molar-refractivity contribution in [2.75, 3.05) is 12.3 Å². The van der Waals surface area contributed by atoms with Gasteiger partial charge in [0.25, 0.3) is 5.91 Å². The standard InChI is InChI=1S/C13H13N3O6/c14-4-7(12(20)16-9(5-17)13(21)22)1-6-2-8(15)11(19)10(18)3-6/h1-3,9,17-19H,5,15H2,(H,16,20)(H,21,22)/b7-1+. The summed E-state index contributed by atoms with van der Waals surface area (Å²) in [5.74, 6) is -3.55. The fourth-order valence-electron chi connectivity index (χ4n) is 1.48. The number of aliphatic hydroxyl groups excluding tert-OH is 1. The number of carboxylic acid groups (broad SMARTS) is 1. The molecule has 0 fully saturated rings. The molecule has 0 spiro atoms. The number of phenols is 2. The number of carbonyl (C=O) groups excluding carboxylic acids is 1. The van der Waals surface area contributed by atoms with Crippen molar-refractivity contribution in [2.45, 2.75) is 6.04 Å². The second-order valence-electron chi connectivity index (χ2n) is 4.19. The summed E-state index contributed by atoms with van der Waals surface area (Å²) in [6, 6.07) is 2.28. The number of amides is 1. The van der Waals surface area contributed by atoms with Gasteiger partial charge in [-0.05, 0) is 23.8 Å². The molecule has 1 atom stereocenters. The van der Waals surface area contributed by atoms with Crippen LogP contribution in [0.2, 0.25) is 0 Å². The van der Waals surface area contributed by atoms with E-state index in [1.807, 2.05) is 5.32 Å². The Hall–Kier alpha value is -3.25. The first-order valence-corrected chi connectivity index (χ1v) is 5.88. The number of aliphatic carboxylic acids is 1. The molecule has 0 aromatic heterocycles. The van der Waals surface area contributed by atoms with Gasteiger partial charge in [-0.1, -0.05) is 0 Å². The normalized spacial score (nSPS) is 12.3. The summed E-state index contributed by atoms with van der Waals surface area (Å²) >= 11 is 0. The number of aromatic hydroxyl groups is 2. The van der Waals surface area contributed by atoms with Crippen LogP contribution in [0.5, 0.6) is 11.5 Å². The molecule has 1 aromatic carbocycles. The summed E-state index contributed by atoms with van der Waals surface area (Å²) in [6.45, 7) is -0.841. The smallest absolute Gasteiger partial charge is 0.328 e. The summed E-state index contributed by atoms with van der Waals surface area (Å²) in [5, 5.41) is 47.1. The molecule has 1 unspecified atom stereocenters. The number of aliphatic hydroxyl groups is 1. The molecule has 0 heterocycles. The van der Waals surface area contributed by atoms with Crippen LogP contribution in [0.3, 0.4) is 0 Å². The lowest BCUT2D eigenvalue weighted by molar-refractivity contribution is -0.142. The largest absolute Gasteiger partial charge is 0.504 e. The summed E-state index contributed by atoms with van der Waals surface area (Å²) < 4.78 is 0. The third-order valence-corrected chi connectivity index (χ3v) is 2.60. The number of hydrogen-bond acceptors (Lipinski definition) is 7. The molecule has 1 aromatic rings. The van der Waals surface area contributed by atoms with E-state index < -0.39 is 41.6 Å². The van der Waals surface area contributed by atoms with Gasteiger partial charge >= 0.3 is 5.97 Å². The van der Waals surface area contributed by atoms with Crippen LogP contribution in [-0.4, -0.2) is 45.0 Å². The Bertz CT molecular complexity index is 654. The molecule has 0 bridgehead atoms. The van der Waals surface area contributed by atoms with Crippen molar-refractivity contribution in [3.8, 4) is 17.6 Å². The van der Waals surface area contributed by atoms with Gasteiger partial charge in [-0.25, -0.2) is 4.79 Å². The summed E-state index contributed by atoms with van der Waals surface area (Å²) in [6.07, 6.45) is 1.04. The van der Waals surface area contributed by atoms with Crippen LogP contribution in [-0.2, 0) is 9.59 Å². The minimum Gasteiger partial charge on any atom is -0.504 e. The molecular formula is C13H13N3O6. The number of nitrogens with two attached hydrogens (primary N) is 1. The topological polar surface area (TPSA) is 177 Å². The van der Waals surface area contributed by atoms with Crippen LogP contribution in [0, 0.1) is 11.3 Å². The number of carbonyl (C=O) groups is 2. The lowest BCUT2D eigenvalue weighted by atomic mass is 10.1.